The van der Waals surface area contributed by atoms with Crippen molar-refractivity contribution in [2.75, 3.05) is 11.9 Å². The van der Waals surface area contributed by atoms with Crippen molar-refractivity contribution >= 4 is 28.5 Å². The molecule has 0 atom stereocenters. The molecule has 0 spiro atoms. The number of esters is 1. The summed E-state index contributed by atoms with van der Waals surface area (Å²) in [5.41, 5.74) is 2.36. The van der Waals surface area contributed by atoms with Crippen molar-refractivity contribution in [1.29, 1.82) is 0 Å². The van der Waals surface area contributed by atoms with E-state index in [4.69, 9.17) is 9.15 Å². The molecule has 0 unspecified atom stereocenters. The van der Waals surface area contributed by atoms with Crippen molar-refractivity contribution in [3.8, 4) is 11.5 Å². The zero-order valence-corrected chi connectivity index (χ0v) is 16.0. The Bertz CT molecular complexity index is 1240. The number of rotatable bonds is 5. The van der Waals surface area contributed by atoms with Crippen molar-refractivity contribution in [1.82, 2.24) is 4.98 Å². The molecule has 0 saturated carbocycles. The number of benzene rings is 2. The summed E-state index contributed by atoms with van der Waals surface area (Å²) in [5, 5.41) is 3.14. The largest absolute Gasteiger partial charge is 0.463 e. The summed E-state index contributed by atoms with van der Waals surface area (Å²) in [6, 6.07) is 16.2. The summed E-state index contributed by atoms with van der Waals surface area (Å²) in [7, 11) is 0. The lowest BCUT2D eigenvalue weighted by molar-refractivity contribution is -0.119. The van der Waals surface area contributed by atoms with Gasteiger partial charge < -0.3 is 14.5 Å². The number of aromatic nitrogens is 1. The molecule has 6 nitrogen and oxygen atoms in total. The molecule has 1 amide bonds. The van der Waals surface area contributed by atoms with Crippen LogP contribution >= 0.6 is 0 Å². The first-order valence-electron chi connectivity index (χ1n) is 9.18. The van der Waals surface area contributed by atoms with Crippen LogP contribution in [0.3, 0.4) is 0 Å². The third-order valence-corrected chi connectivity index (χ3v) is 4.52. The lowest BCUT2D eigenvalue weighted by Gasteiger charge is -2.11. The molecule has 0 bridgehead atoms. The molecular weight excluding hydrogens is 387 g/mol. The van der Waals surface area contributed by atoms with Gasteiger partial charge in [0.2, 0.25) is 0 Å². The van der Waals surface area contributed by atoms with Crippen LogP contribution in [0.5, 0.6) is 0 Å². The topological polar surface area (TPSA) is 81.4 Å². The lowest BCUT2D eigenvalue weighted by atomic mass is 10.1. The SMILES string of the molecule is Cc1ccc(F)cc1NC(=O)COC(=O)c1cc(-c2ccco2)nc2ccccc12. The summed E-state index contributed by atoms with van der Waals surface area (Å²) in [6.45, 7) is 1.22. The normalized spacial score (nSPS) is 10.7. The molecular formula is C23H17FN2O4. The van der Waals surface area contributed by atoms with E-state index in [9.17, 15) is 14.0 Å². The third-order valence-electron chi connectivity index (χ3n) is 4.52. The second kappa shape index (κ2) is 8.16. The van der Waals surface area contributed by atoms with Crippen LogP contribution in [0, 0.1) is 12.7 Å². The minimum atomic E-state index is -0.674. The van der Waals surface area contributed by atoms with Gasteiger partial charge in [-0.15, -0.1) is 0 Å². The molecule has 0 aliphatic heterocycles. The van der Waals surface area contributed by atoms with Crippen molar-refractivity contribution in [2.24, 2.45) is 0 Å². The van der Waals surface area contributed by atoms with Gasteiger partial charge in [0.25, 0.3) is 5.91 Å². The van der Waals surface area contributed by atoms with Gasteiger partial charge >= 0.3 is 5.97 Å². The Kier molecular flexibility index (Phi) is 5.26. The second-order valence-corrected chi connectivity index (χ2v) is 6.63. The zero-order valence-electron chi connectivity index (χ0n) is 16.0. The van der Waals surface area contributed by atoms with E-state index in [1.807, 2.05) is 6.07 Å². The second-order valence-electron chi connectivity index (χ2n) is 6.63. The maximum absolute atomic E-state index is 13.4. The number of fused-ring (bicyclic) bond motifs is 1. The van der Waals surface area contributed by atoms with E-state index < -0.39 is 24.3 Å². The fourth-order valence-corrected chi connectivity index (χ4v) is 3.02. The van der Waals surface area contributed by atoms with E-state index in [1.165, 1.54) is 18.4 Å². The number of carbonyl (C=O) groups is 2. The quantitative estimate of drug-likeness (QED) is 0.486. The Balaban J connectivity index is 1.54. The first-order chi connectivity index (χ1) is 14.5. The highest BCUT2D eigenvalue weighted by molar-refractivity contribution is 6.05. The van der Waals surface area contributed by atoms with Crippen LogP contribution in [0.4, 0.5) is 10.1 Å². The van der Waals surface area contributed by atoms with Crippen molar-refractivity contribution in [3.63, 3.8) is 0 Å². The number of para-hydroxylation sites is 1. The van der Waals surface area contributed by atoms with Crippen LogP contribution in [0.1, 0.15) is 15.9 Å². The average molecular weight is 404 g/mol. The molecule has 0 aliphatic rings. The van der Waals surface area contributed by atoms with Crippen molar-refractivity contribution in [3.05, 3.63) is 83.9 Å². The predicted octanol–water partition coefficient (Wildman–Crippen LogP) is 4.74. The zero-order chi connectivity index (χ0) is 21.1. The molecule has 2 aromatic heterocycles. The van der Waals surface area contributed by atoms with Crippen LogP contribution < -0.4 is 5.32 Å². The first kappa shape index (κ1) is 19.3. The van der Waals surface area contributed by atoms with E-state index in [0.717, 1.165) is 0 Å². The highest BCUT2D eigenvalue weighted by Crippen LogP contribution is 2.25. The van der Waals surface area contributed by atoms with Crippen molar-refractivity contribution in [2.45, 2.75) is 6.92 Å². The van der Waals surface area contributed by atoms with Crippen LogP contribution in [0.2, 0.25) is 0 Å². The minimum Gasteiger partial charge on any atom is -0.463 e. The number of hydrogen-bond acceptors (Lipinski definition) is 5. The van der Waals surface area contributed by atoms with Gasteiger partial charge in [-0.25, -0.2) is 14.2 Å². The molecule has 1 N–H and O–H groups in total. The fourth-order valence-electron chi connectivity index (χ4n) is 3.02. The number of ether oxygens (including phenoxy) is 1. The molecule has 0 saturated heterocycles. The number of amides is 1. The maximum atomic E-state index is 13.4. The number of anilines is 1. The highest BCUT2D eigenvalue weighted by Gasteiger charge is 2.17. The van der Waals surface area contributed by atoms with Crippen molar-refractivity contribution < 1.29 is 23.1 Å². The molecule has 4 rings (SSSR count). The highest BCUT2D eigenvalue weighted by atomic mass is 19.1. The number of nitrogens with zero attached hydrogens (tertiary/aromatic N) is 1. The van der Waals surface area contributed by atoms with Crippen LogP contribution in [-0.4, -0.2) is 23.5 Å². The molecule has 30 heavy (non-hydrogen) atoms. The Labute approximate surface area is 171 Å². The monoisotopic (exact) mass is 404 g/mol. The molecule has 2 heterocycles. The van der Waals surface area contributed by atoms with Gasteiger partial charge in [0.15, 0.2) is 12.4 Å². The van der Waals surface area contributed by atoms with Gasteiger partial charge in [-0.3, -0.25) is 4.79 Å². The minimum absolute atomic E-state index is 0.265. The van der Waals surface area contributed by atoms with E-state index in [2.05, 4.69) is 10.3 Å². The van der Waals surface area contributed by atoms with Crippen LogP contribution in [0.25, 0.3) is 22.4 Å². The smallest absolute Gasteiger partial charge is 0.339 e. The molecule has 7 heteroatoms. The van der Waals surface area contributed by atoms with Gasteiger partial charge in [-0.2, -0.15) is 0 Å². The van der Waals surface area contributed by atoms with E-state index in [-0.39, 0.29) is 5.56 Å². The molecule has 150 valence electrons. The summed E-state index contributed by atoms with van der Waals surface area (Å²) >= 11 is 0. The van der Waals surface area contributed by atoms with Gasteiger partial charge in [-0.05, 0) is 48.9 Å². The Morgan fingerprint density at radius 1 is 1.10 bits per heavy atom. The summed E-state index contributed by atoms with van der Waals surface area (Å²) in [6.07, 6.45) is 1.52. The number of hydrogen-bond donors (Lipinski definition) is 1. The summed E-state index contributed by atoms with van der Waals surface area (Å²) in [4.78, 5) is 29.4. The fraction of sp³-hybridized carbons (Fsp3) is 0.0870. The summed E-state index contributed by atoms with van der Waals surface area (Å²) in [5.74, 6) is -1.20. The van der Waals surface area contributed by atoms with E-state index in [0.29, 0.717) is 33.6 Å². The molecule has 0 fully saturated rings. The van der Waals surface area contributed by atoms with Crippen LogP contribution in [-0.2, 0) is 9.53 Å². The van der Waals surface area contributed by atoms with Gasteiger partial charge in [-0.1, -0.05) is 24.3 Å². The van der Waals surface area contributed by atoms with E-state index >= 15 is 0 Å². The number of furan rings is 1. The maximum Gasteiger partial charge on any atom is 0.339 e. The Morgan fingerprint density at radius 3 is 2.73 bits per heavy atom. The van der Waals surface area contributed by atoms with Gasteiger partial charge in [0.05, 0.1) is 17.3 Å². The van der Waals surface area contributed by atoms with Gasteiger partial charge in [0, 0.05) is 11.1 Å². The number of carbonyl (C=O) groups excluding carboxylic acids is 2. The number of aryl methyl sites for hydroxylation is 1. The molecule has 0 aliphatic carbocycles. The Hall–Kier alpha value is -4.00. The molecule has 4 aromatic rings. The number of pyridine rings is 1. The standard InChI is InChI=1S/C23H17FN2O4/c1-14-8-9-15(24)11-19(14)26-22(27)13-30-23(28)17-12-20(21-7-4-10-29-21)25-18-6-3-2-5-16(17)18/h2-12H,13H2,1H3,(H,26,27). The number of halogens is 1. The van der Waals surface area contributed by atoms with Crippen LogP contribution in [0.15, 0.2) is 71.3 Å². The van der Waals surface area contributed by atoms with Gasteiger partial charge in [0.1, 0.15) is 11.5 Å². The third kappa shape index (κ3) is 4.05. The van der Waals surface area contributed by atoms with E-state index in [1.54, 1.807) is 49.4 Å². The number of nitrogens with one attached hydrogen (secondary N) is 1. The molecule has 0 radical (unpaired) electrons. The average Bonchev–Trinajstić information content (AvgIpc) is 3.29. The molecule has 2 aromatic carbocycles. The first-order valence-corrected chi connectivity index (χ1v) is 9.18. The predicted molar refractivity (Wildman–Crippen MR) is 109 cm³/mol. The summed E-state index contributed by atoms with van der Waals surface area (Å²) < 4.78 is 24.0. The lowest BCUT2D eigenvalue weighted by Crippen LogP contribution is -2.21. The Morgan fingerprint density at radius 2 is 1.93 bits per heavy atom.